The number of rotatable bonds is 3. The van der Waals surface area contributed by atoms with Gasteiger partial charge in [-0.1, -0.05) is 24.3 Å². The number of fused-ring (bicyclic) bond motifs is 1. The molecule has 2 atom stereocenters. The van der Waals surface area contributed by atoms with Crippen LogP contribution in [0.15, 0.2) is 42.5 Å². The number of ether oxygens (including phenoxy) is 2. The van der Waals surface area contributed by atoms with Gasteiger partial charge in [0, 0.05) is 29.8 Å². The van der Waals surface area contributed by atoms with Crippen LogP contribution in [0.25, 0.3) is 0 Å². The van der Waals surface area contributed by atoms with Gasteiger partial charge in [-0.05, 0) is 38.5 Å². The number of alkyl halides is 3. The Morgan fingerprint density at radius 3 is 2.54 bits per heavy atom. The summed E-state index contributed by atoms with van der Waals surface area (Å²) in [5.41, 5.74) is 6.32. The summed E-state index contributed by atoms with van der Waals surface area (Å²) in [6.45, 7) is 6.04. The maximum atomic E-state index is 13.2. The second kappa shape index (κ2) is 6.50. The van der Waals surface area contributed by atoms with Crippen LogP contribution in [0.5, 0.6) is 5.75 Å². The fourth-order valence-corrected chi connectivity index (χ4v) is 3.54. The standard InChI is InChI=1S/C20H22F3NO2/c1-4-25-18-17(12-6-5-7-13(10-12)20(21,22)23)15-9-8-14(24)11-16(15)26-19(18,2)3/h5-11,17-18H,4,24H2,1-3H3. The molecule has 26 heavy (non-hydrogen) atoms. The molecule has 3 nitrogen and oxygen atoms in total. The van der Waals surface area contributed by atoms with Gasteiger partial charge in [-0.25, -0.2) is 0 Å². The van der Waals surface area contributed by atoms with Gasteiger partial charge in [0.15, 0.2) is 0 Å². The predicted octanol–water partition coefficient (Wildman–Crippen LogP) is 5.00. The Hall–Kier alpha value is -2.21. The third kappa shape index (κ3) is 3.38. The van der Waals surface area contributed by atoms with Gasteiger partial charge in [0.25, 0.3) is 0 Å². The first-order valence-electron chi connectivity index (χ1n) is 8.50. The fraction of sp³-hybridized carbons (Fsp3) is 0.400. The molecule has 2 N–H and O–H groups in total. The monoisotopic (exact) mass is 365 g/mol. The predicted molar refractivity (Wildman–Crippen MR) is 94.3 cm³/mol. The Kier molecular flexibility index (Phi) is 4.65. The van der Waals surface area contributed by atoms with Crippen LogP contribution in [0.3, 0.4) is 0 Å². The maximum Gasteiger partial charge on any atom is 0.416 e. The van der Waals surface area contributed by atoms with Gasteiger partial charge >= 0.3 is 6.18 Å². The van der Waals surface area contributed by atoms with Gasteiger partial charge in [0.2, 0.25) is 0 Å². The summed E-state index contributed by atoms with van der Waals surface area (Å²) in [6.07, 6.45) is -4.84. The first-order valence-corrected chi connectivity index (χ1v) is 8.50. The Bertz CT molecular complexity index is 802. The molecule has 2 unspecified atom stereocenters. The summed E-state index contributed by atoms with van der Waals surface area (Å²) in [4.78, 5) is 0. The largest absolute Gasteiger partial charge is 0.485 e. The molecular formula is C20H22F3NO2. The number of benzene rings is 2. The van der Waals surface area contributed by atoms with E-state index in [1.54, 1.807) is 24.3 Å². The average Bonchev–Trinajstić information content (AvgIpc) is 2.54. The molecule has 6 heteroatoms. The van der Waals surface area contributed by atoms with Crippen molar-refractivity contribution in [3.8, 4) is 5.75 Å². The van der Waals surface area contributed by atoms with E-state index < -0.39 is 29.4 Å². The van der Waals surface area contributed by atoms with Crippen LogP contribution in [0.1, 0.15) is 43.4 Å². The molecule has 0 spiro atoms. The zero-order valence-electron chi connectivity index (χ0n) is 14.9. The summed E-state index contributed by atoms with van der Waals surface area (Å²) >= 11 is 0. The van der Waals surface area contributed by atoms with Crippen molar-refractivity contribution in [1.82, 2.24) is 0 Å². The number of halogens is 3. The highest BCUT2D eigenvalue weighted by Crippen LogP contribution is 2.47. The van der Waals surface area contributed by atoms with Crippen molar-refractivity contribution >= 4 is 5.69 Å². The van der Waals surface area contributed by atoms with Crippen molar-refractivity contribution in [3.63, 3.8) is 0 Å². The molecule has 0 aliphatic carbocycles. The minimum Gasteiger partial charge on any atom is -0.485 e. The number of nitrogen functional groups attached to an aromatic ring is 1. The summed E-state index contributed by atoms with van der Waals surface area (Å²) in [6, 6.07) is 10.6. The highest BCUT2D eigenvalue weighted by Gasteiger charge is 2.45. The number of hydrogen-bond donors (Lipinski definition) is 1. The fourth-order valence-electron chi connectivity index (χ4n) is 3.54. The van der Waals surface area contributed by atoms with Crippen LogP contribution in [-0.2, 0) is 10.9 Å². The second-order valence-electron chi connectivity index (χ2n) is 6.98. The van der Waals surface area contributed by atoms with Gasteiger partial charge in [0.05, 0.1) is 5.56 Å². The zero-order valence-corrected chi connectivity index (χ0v) is 14.9. The molecule has 0 saturated carbocycles. The van der Waals surface area contributed by atoms with Crippen LogP contribution in [0.2, 0.25) is 0 Å². The molecule has 1 aliphatic heterocycles. The highest BCUT2D eigenvalue weighted by atomic mass is 19.4. The minimum atomic E-state index is -4.40. The molecule has 2 aromatic rings. The summed E-state index contributed by atoms with van der Waals surface area (Å²) in [5, 5.41) is 0. The van der Waals surface area contributed by atoms with Gasteiger partial charge in [-0.15, -0.1) is 0 Å². The van der Waals surface area contributed by atoms with Crippen molar-refractivity contribution in [2.45, 2.75) is 44.6 Å². The summed E-state index contributed by atoms with van der Waals surface area (Å²) in [5.74, 6) is 0.185. The van der Waals surface area contributed by atoms with Crippen molar-refractivity contribution in [2.24, 2.45) is 0 Å². The van der Waals surface area contributed by atoms with E-state index in [-0.39, 0.29) is 0 Å². The first-order chi connectivity index (χ1) is 12.1. The van der Waals surface area contributed by atoms with Gasteiger partial charge in [-0.3, -0.25) is 0 Å². The summed E-state index contributed by atoms with van der Waals surface area (Å²) < 4.78 is 51.7. The lowest BCUT2D eigenvalue weighted by molar-refractivity contribution is -0.137. The van der Waals surface area contributed by atoms with E-state index in [1.165, 1.54) is 12.1 Å². The molecule has 0 aromatic heterocycles. The molecule has 3 rings (SSSR count). The Balaban J connectivity index is 2.18. The van der Waals surface area contributed by atoms with Gasteiger partial charge in [-0.2, -0.15) is 13.2 Å². The van der Waals surface area contributed by atoms with Crippen LogP contribution in [-0.4, -0.2) is 18.3 Å². The number of anilines is 1. The lowest BCUT2D eigenvalue weighted by Crippen LogP contribution is -2.50. The number of nitrogens with two attached hydrogens (primary N) is 1. The third-order valence-corrected chi connectivity index (χ3v) is 4.65. The highest BCUT2D eigenvalue weighted by molar-refractivity contribution is 5.54. The van der Waals surface area contributed by atoms with Gasteiger partial charge < -0.3 is 15.2 Å². The van der Waals surface area contributed by atoms with E-state index in [1.807, 2.05) is 20.8 Å². The molecule has 140 valence electrons. The van der Waals surface area contributed by atoms with Crippen LogP contribution < -0.4 is 10.5 Å². The van der Waals surface area contributed by atoms with E-state index in [2.05, 4.69) is 0 Å². The van der Waals surface area contributed by atoms with E-state index in [0.29, 0.717) is 23.6 Å². The van der Waals surface area contributed by atoms with Crippen LogP contribution in [0, 0.1) is 0 Å². The molecule has 1 heterocycles. The summed E-state index contributed by atoms with van der Waals surface area (Å²) in [7, 11) is 0. The topological polar surface area (TPSA) is 44.5 Å². The molecule has 1 aliphatic rings. The van der Waals surface area contributed by atoms with Gasteiger partial charge in [0.1, 0.15) is 17.5 Å². The Labute approximate surface area is 150 Å². The normalized spacial score (nSPS) is 21.8. The quantitative estimate of drug-likeness (QED) is 0.779. The average molecular weight is 365 g/mol. The van der Waals surface area contributed by atoms with Crippen molar-refractivity contribution < 1.29 is 22.6 Å². The molecule has 0 saturated heterocycles. The maximum absolute atomic E-state index is 13.2. The zero-order chi connectivity index (χ0) is 19.1. The lowest BCUT2D eigenvalue weighted by Gasteiger charge is -2.45. The first kappa shape index (κ1) is 18.6. The van der Waals surface area contributed by atoms with E-state index in [4.69, 9.17) is 15.2 Å². The molecule has 2 aromatic carbocycles. The molecule has 0 bridgehead atoms. The molecular weight excluding hydrogens is 343 g/mol. The SMILES string of the molecule is CCOC1C(c2cccc(C(F)(F)F)c2)c2ccc(N)cc2OC1(C)C. The van der Waals surface area contributed by atoms with Crippen molar-refractivity contribution in [2.75, 3.05) is 12.3 Å². The third-order valence-electron chi connectivity index (χ3n) is 4.65. The van der Waals surface area contributed by atoms with Crippen LogP contribution in [0.4, 0.5) is 18.9 Å². The van der Waals surface area contributed by atoms with Crippen molar-refractivity contribution in [3.05, 3.63) is 59.2 Å². The van der Waals surface area contributed by atoms with Crippen molar-refractivity contribution in [1.29, 1.82) is 0 Å². The minimum absolute atomic E-state index is 0.392. The van der Waals surface area contributed by atoms with E-state index in [0.717, 1.165) is 11.6 Å². The molecule has 0 fully saturated rings. The lowest BCUT2D eigenvalue weighted by atomic mass is 9.77. The Morgan fingerprint density at radius 1 is 1.15 bits per heavy atom. The Morgan fingerprint density at radius 2 is 1.88 bits per heavy atom. The van der Waals surface area contributed by atoms with E-state index in [9.17, 15) is 13.2 Å². The number of hydrogen-bond acceptors (Lipinski definition) is 3. The van der Waals surface area contributed by atoms with Crippen LogP contribution >= 0.6 is 0 Å². The molecule has 0 amide bonds. The van der Waals surface area contributed by atoms with E-state index >= 15 is 0 Å². The second-order valence-corrected chi connectivity index (χ2v) is 6.98. The smallest absolute Gasteiger partial charge is 0.416 e. The molecule has 0 radical (unpaired) electrons.